The maximum Gasteiger partial charge on any atom is 0.161 e. The number of aryl methyl sites for hydroxylation is 2. The van der Waals surface area contributed by atoms with Gasteiger partial charge in [0.15, 0.2) is 5.82 Å². The van der Waals surface area contributed by atoms with Crippen molar-refractivity contribution >= 4 is 5.82 Å². The van der Waals surface area contributed by atoms with Gasteiger partial charge < -0.3 is 5.32 Å². The molecule has 2 rings (SSSR count). The molecular formula is C17H23N3. The summed E-state index contributed by atoms with van der Waals surface area (Å²) in [5, 5.41) is 3.37. The average molecular weight is 269 g/mol. The average Bonchev–Trinajstić information content (AvgIpc) is 2.38. The van der Waals surface area contributed by atoms with Crippen molar-refractivity contribution in [3.63, 3.8) is 0 Å². The van der Waals surface area contributed by atoms with Gasteiger partial charge in [-0.3, -0.25) is 0 Å². The van der Waals surface area contributed by atoms with E-state index in [1.807, 2.05) is 6.07 Å². The summed E-state index contributed by atoms with van der Waals surface area (Å²) in [6.45, 7) is 11.5. The SMILES string of the molecule is CCNc1nc(-c2cccc(C)c2)nc(C)c1C(C)C. The number of hydrogen-bond donors (Lipinski definition) is 1. The number of aromatic nitrogens is 2. The normalized spacial score (nSPS) is 10.9. The van der Waals surface area contributed by atoms with Crippen LogP contribution >= 0.6 is 0 Å². The highest BCUT2D eigenvalue weighted by Crippen LogP contribution is 2.28. The Morgan fingerprint density at radius 2 is 1.90 bits per heavy atom. The molecule has 0 radical (unpaired) electrons. The van der Waals surface area contributed by atoms with Crippen LogP contribution in [0.5, 0.6) is 0 Å². The molecule has 1 aromatic heterocycles. The first-order chi connectivity index (χ1) is 9.52. The fourth-order valence-corrected chi connectivity index (χ4v) is 2.49. The molecule has 0 atom stereocenters. The molecule has 0 saturated carbocycles. The largest absolute Gasteiger partial charge is 0.370 e. The number of nitrogens with one attached hydrogen (secondary N) is 1. The van der Waals surface area contributed by atoms with Gasteiger partial charge in [0.05, 0.1) is 0 Å². The van der Waals surface area contributed by atoms with E-state index in [1.54, 1.807) is 0 Å². The molecule has 2 aromatic rings. The Kier molecular flexibility index (Phi) is 4.38. The molecule has 0 fully saturated rings. The minimum atomic E-state index is 0.413. The van der Waals surface area contributed by atoms with Crippen LogP contribution in [0.4, 0.5) is 5.82 Å². The molecule has 3 heteroatoms. The van der Waals surface area contributed by atoms with Crippen molar-refractivity contribution in [2.75, 3.05) is 11.9 Å². The zero-order valence-electron chi connectivity index (χ0n) is 13.0. The van der Waals surface area contributed by atoms with Crippen LogP contribution in [0.1, 0.15) is 43.5 Å². The van der Waals surface area contributed by atoms with Crippen molar-refractivity contribution in [3.05, 3.63) is 41.1 Å². The quantitative estimate of drug-likeness (QED) is 0.898. The number of benzene rings is 1. The highest BCUT2D eigenvalue weighted by molar-refractivity contribution is 5.61. The van der Waals surface area contributed by atoms with Crippen LogP contribution in [0.3, 0.4) is 0 Å². The summed E-state index contributed by atoms with van der Waals surface area (Å²) in [5.41, 5.74) is 4.56. The zero-order valence-corrected chi connectivity index (χ0v) is 13.0. The second-order valence-electron chi connectivity index (χ2n) is 5.45. The topological polar surface area (TPSA) is 37.8 Å². The van der Waals surface area contributed by atoms with Gasteiger partial charge in [-0.15, -0.1) is 0 Å². The smallest absolute Gasteiger partial charge is 0.161 e. The van der Waals surface area contributed by atoms with E-state index in [1.165, 1.54) is 11.1 Å². The van der Waals surface area contributed by atoms with Gasteiger partial charge >= 0.3 is 0 Å². The van der Waals surface area contributed by atoms with Crippen molar-refractivity contribution < 1.29 is 0 Å². The maximum atomic E-state index is 4.73. The van der Waals surface area contributed by atoms with Gasteiger partial charge in [0.1, 0.15) is 5.82 Å². The van der Waals surface area contributed by atoms with Crippen molar-refractivity contribution in [1.29, 1.82) is 0 Å². The Morgan fingerprint density at radius 1 is 1.15 bits per heavy atom. The van der Waals surface area contributed by atoms with E-state index in [4.69, 9.17) is 9.97 Å². The Morgan fingerprint density at radius 3 is 2.50 bits per heavy atom. The molecule has 1 heterocycles. The molecule has 3 nitrogen and oxygen atoms in total. The summed E-state index contributed by atoms with van der Waals surface area (Å²) < 4.78 is 0. The van der Waals surface area contributed by atoms with E-state index in [0.717, 1.165) is 29.4 Å². The van der Waals surface area contributed by atoms with Crippen LogP contribution in [0.15, 0.2) is 24.3 Å². The second kappa shape index (κ2) is 6.04. The van der Waals surface area contributed by atoms with Gasteiger partial charge in [-0.1, -0.05) is 37.6 Å². The first-order valence-electron chi connectivity index (χ1n) is 7.22. The number of nitrogens with zero attached hydrogens (tertiary/aromatic N) is 2. The summed E-state index contributed by atoms with van der Waals surface area (Å²) in [5.74, 6) is 2.17. The molecule has 0 aliphatic carbocycles. The van der Waals surface area contributed by atoms with Gasteiger partial charge in [0.25, 0.3) is 0 Å². The third-order valence-electron chi connectivity index (χ3n) is 3.33. The standard InChI is InChI=1S/C17H23N3/c1-6-18-17-15(11(2)3)13(5)19-16(20-17)14-9-7-8-12(4)10-14/h7-11H,6H2,1-5H3,(H,18,19,20). The van der Waals surface area contributed by atoms with E-state index < -0.39 is 0 Å². The maximum absolute atomic E-state index is 4.73. The number of rotatable bonds is 4. The molecule has 1 aromatic carbocycles. The van der Waals surface area contributed by atoms with Crippen molar-refractivity contribution in [2.45, 2.75) is 40.5 Å². The number of anilines is 1. The predicted molar refractivity (Wildman–Crippen MR) is 85.2 cm³/mol. The Bertz CT molecular complexity index is 603. The van der Waals surface area contributed by atoms with E-state index >= 15 is 0 Å². The summed E-state index contributed by atoms with van der Waals surface area (Å²) in [4.78, 5) is 9.43. The zero-order chi connectivity index (χ0) is 14.7. The summed E-state index contributed by atoms with van der Waals surface area (Å²) >= 11 is 0. The fourth-order valence-electron chi connectivity index (χ4n) is 2.49. The highest BCUT2D eigenvalue weighted by Gasteiger charge is 2.15. The molecule has 0 saturated heterocycles. The first-order valence-corrected chi connectivity index (χ1v) is 7.22. The van der Waals surface area contributed by atoms with E-state index in [-0.39, 0.29) is 0 Å². The lowest BCUT2D eigenvalue weighted by Crippen LogP contribution is -2.09. The van der Waals surface area contributed by atoms with Crippen LogP contribution in [0.25, 0.3) is 11.4 Å². The Hall–Kier alpha value is -1.90. The lowest BCUT2D eigenvalue weighted by atomic mass is 10.0. The van der Waals surface area contributed by atoms with Crippen LogP contribution in [-0.2, 0) is 0 Å². The van der Waals surface area contributed by atoms with E-state index in [2.05, 4.69) is 58.1 Å². The lowest BCUT2D eigenvalue weighted by molar-refractivity contribution is 0.831. The third kappa shape index (κ3) is 2.98. The van der Waals surface area contributed by atoms with E-state index in [9.17, 15) is 0 Å². The lowest BCUT2D eigenvalue weighted by Gasteiger charge is -2.16. The molecule has 0 amide bonds. The molecule has 0 bridgehead atoms. The molecule has 0 spiro atoms. The minimum Gasteiger partial charge on any atom is -0.370 e. The second-order valence-corrected chi connectivity index (χ2v) is 5.45. The molecule has 0 aliphatic heterocycles. The molecule has 106 valence electrons. The van der Waals surface area contributed by atoms with Crippen molar-refractivity contribution in [3.8, 4) is 11.4 Å². The Balaban J connectivity index is 2.56. The monoisotopic (exact) mass is 269 g/mol. The first kappa shape index (κ1) is 14.5. The number of hydrogen-bond acceptors (Lipinski definition) is 3. The van der Waals surface area contributed by atoms with Gasteiger partial charge in [-0.2, -0.15) is 0 Å². The van der Waals surface area contributed by atoms with Crippen molar-refractivity contribution in [1.82, 2.24) is 9.97 Å². The molecular weight excluding hydrogens is 246 g/mol. The Labute approximate surface area is 121 Å². The van der Waals surface area contributed by atoms with Gasteiger partial charge in [-0.05, 0) is 32.8 Å². The third-order valence-corrected chi connectivity index (χ3v) is 3.33. The van der Waals surface area contributed by atoms with Crippen LogP contribution in [-0.4, -0.2) is 16.5 Å². The predicted octanol–water partition coefficient (Wildman–Crippen LogP) is 4.32. The van der Waals surface area contributed by atoms with Crippen LogP contribution in [0.2, 0.25) is 0 Å². The van der Waals surface area contributed by atoms with Crippen LogP contribution < -0.4 is 5.32 Å². The molecule has 0 aliphatic rings. The molecule has 20 heavy (non-hydrogen) atoms. The van der Waals surface area contributed by atoms with Gasteiger partial charge in [-0.25, -0.2) is 9.97 Å². The van der Waals surface area contributed by atoms with Crippen molar-refractivity contribution in [2.24, 2.45) is 0 Å². The summed E-state index contributed by atoms with van der Waals surface area (Å²) in [7, 11) is 0. The fraction of sp³-hybridized carbons (Fsp3) is 0.412. The summed E-state index contributed by atoms with van der Waals surface area (Å²) in [6.07, 6.45) is 0. The minimum absolute atomic E-state index is 0.413. The summed E-state index contributed by atoms with van der Waals surface area (Å²) in [6, 6.07) is 8.32. The van der Waals surface area contributed by atoms with Gasteiger partial charge in [0.2, 0.25) is 0 Å². The molecule has 0 unspecified atom stereocenters. The van der Waals surface area contributed by atoms with E-state index in [0.29, 0.717) is 5.92 Å². The highest BCUT2D eigenvalue weighted by atomic mass is 15.0. The van der Waals surface area contributed by atoms with Gasteiger partial charge in [0, 0.05) is 23.4 Å². The van der Waals surface area contributed by atoms with Crippen LogP contribution in [0, 0.1) is 13.8 Å². The molecule has 1 N–H and O–H groups in total.